The van der Waals surface area contributed by atoms with E-state index in [0.29, 0.717) is 0 Å². The summed E-state index contributed by atoms with van der Waals surface area (Å²) >= 11 is 7.43. The second kappa shape index (κ2) is 5.70. The molecule has 2 aromatic carbocycles. The minimum atomic E-state index is 0.953. The van der Waals surface area contributed by atoms with Crippen molar-refractivity contribution in [2.24, 2.45) is 0 Å². The van der Waals surface area contributed by atoms with Gasteiger partial charge in [0, 0.05) is 15.8 Å². The van der Waals surface area contributed by atoms with E-state index >= 15 is 0 Å². The zero-order valence-corrected chi connectivity index (χ0v) is 12.8. The second-order valence-corrected chi connectivity index (χ2v) is 5.95. The Morgan fingerprint density at radius 1 is 0.800 bits per heavy atom. The van der Waals surface area contributed by atoms with Gasteiger partial charge in [-0.1, -0.05) is 72.9 Å². The summed E-state index contributed by atoms with van der Waals surface area (Å²) in [6.45, 7) is 2.12. The number of rotatable bonds is 2. The van der Waals surface area contributed by atoms with Crippen molar-refractivity contribution in [3.8, 4) is 21.6 Å². The van der Waals surface area contributed by atoms with Crippen molar-refractivity contribution < 1.29 is 0 Å². The Hall–Kier alpha value is -1.77. The van der Waals surface area contributed by atoms with E-state index in [9.17, 15) is 0 Å². The molecular weight excluding hydrogens is 280 g/mol. The smallest absolute Gasteiger partial charge is 0.0507 e. The third-order valence-corrected chi connectivity index (χ3v) is 5.00. The Balaban J connectivity index is 2.16. The van der Waals surface area contributed by atoms with Crippen molar-refractivity contribution in [3.63, 3.8) is 0 Å². The summed E-state index contributed by atoms with van der Waals surface area (Å²) in [5.74, 6) is 0. The SMILES string of the molecule is Cc1c(-c2ccccc2)scc(-c2ccccc2)c1=S. The molecule has 0 bridgehead atoms. The third kappa shape index (κ3) is 2.45. The minimum Gasteiger partial charge on any atom is -0.143 e. The van der Waals surface area contributed by atoms with Crippen LogP contribution < -0.4 is 0 Å². The molecule has 1 aromatic heterocycles. The normalized spacial score (nSPS) is 10.4. The summed E-state index contributed by atoms with van der Waals surface area (Å²) < 4.78 is 0.953. The molecule has 20 heavy (non-hydrogen) atoms. The van der Waals surface area contributed by atoms with Crippen molar-refractivity contribution in [2.75, 3.05) is 0 Å². The molecule has 0 nitrogen and oxygen atoms in total. The average molecular weight is 294 g/mol. The molecular formula is C18H14S2. The summed E-state index contributed by atoms with van der Waals surface area (Å²) in [6.07, 6.45) is 0. The molecule has 0 radical (unpaired) electrons. The van der Waals surface area contributed by atoms with Crippen molar-refractivity contribution in [1.29, 1.82) is 0 Å². The molecule has 0 N–H and O–H groups in total. The van der Waals surface area contributed by atoms with E-state index in [1.165, 1.54) is 21.6 Å². The fourth-order valence-electron chi connectivity index (χ4n) is 2.26. The average Bonchev–Trinajstić information content (AvgIpc) is 2.52. The molecule has 0 spiro atoms. The van der Waals surface area contributed by atoms with Gasteiger partial charge in [-0.2, -0.15) is 0 Å². The summed E-state index contributed by atoms with van der Waals surface area (Å²) in [5, 5.41) is 2.17. The Bertz CT molecular complexity index is 772. The highest BCUT2D eigenvalue weighted by Crippen LogP contribution is 2.33. The molecule has 3 aromatic rings. The molecule has 0 amide bonds. The van der Waals surface area contributed by atoms with E-state index in [0.717, 1.165) is 10.1 Å². The van der Waals surface area contributed by atoms with E-state index in [1.807, 2.05) is 12.1 Å². The van der Waals surface area contributed by atoms with E-state index in [1.54, 1.807) is 11.3 Å². The standard InChI is InChI=1S/C18H14S2/c1-13-17(19)16(14-8-4-2-5-9-14)12-20-18(13)15-10-6-3-7-11-15/h2-12H,1H3. The maximum absolute atomic E-state index is 5.67. The van der Waals surface area contributed by atoms with Crippen LogP contribution in [0.25, 0.3) is 21.6 Å². The Morgan fingerprint density at radius 3 is 1.95 bits per heavy atom. The van der Waals surface area contributed by atoms with Crippen LogP contribution in [0.1, 0.15) is 5.56 Å². The van der Waals surface area contributed by atoms with Gasteiger partial charge in [0.25, 0.3) is 0 Å². The first kappa shape index (κ1) is 13.2. The summed E-state index contributed by atoms with van der Waals surface area (Å²) in [5.41, 5.74) is 4.78. The number of hydrogen-bond acceptors (Lipinski definition) is 2. The van der Waals surface area contributed by atoms with Crippen molar-refractivity contribution in [2.45, 2.75) is 6.92 Å². The summed E-state index contributed by atoms with van der Waals surface area (Å²) in [4.78, 5) is 1.26. The lowest BCUT2D eigenvalue weighted by Gasteiger charge is -2.09. The van der Waals surface area contributed by atoms with Crippen LogP contribution in [0, 0.1) is 11.4 Å². The van der Waals surface area contributed by atoms with Gasteiger partial charge in [0.1, 0.15) is 0 Å². The van der Waals surface area contributed by atoms with Crippen LogP contribution >= 0.6 is 23.6 Å². The van der Waals surface area contributed by atoms with E-state index < -0.39 is 0 Å². The van der Waals surface area contributed by atoms with Gasteiger partial charge >= 0.3 is 0 Å². The quantitative estimate of drug-likeness (QED) is 0.513. The Labute approximate surface area is 128 Å². The Kier molecular flexibility index (Phi) is 3.77. The van der Waals surface area contributed by atoms with Crippen LogP contribution in [0.4, 0.5) is 0 Å². The highest BCUT2D eigenvalue weighted by atomic mass is 32.1. The van der Waals surface area contributed by atoms with Gasteiger partial charge in [-0.15, -0.1) is 11.3 Å². The van der Waals surface area contributed by atoms with E-state index in [2.05, 4.69) is 60.8 Å². The van der Waals surface area contributed by atoms with Crippen LogP contribution in [0.5, 0.6) is 0 Å². The van der Waals surface area contributed by atoms with E-state index in [-0.39, 0.29) is 0 Å². The molecule has 0 aliphatic carbocycles. The molecule has 98 valence electrons. The fourth-order valence-corrected chi connectivity index (χ4v) is 3.71. The van der Waals surface area contributed by atoms with E-state index in [4.69, 9.17) is 12.2 Å². The second-order valence-electron chi connectivity index (χ2n) is 4.66. The third-order valence-electron chi connectivity index (χ3n) is 3.34. The van der Waals surface area contributed by atoms with Crippen molar-refractivity contribution >= 4 is 23.6 Å². The van der Waals surface area contributed by atoms with Crippen LogP contribution in [-0.4, -0.2) is 0 Å². The highest BCUT2D eigenvalue weighted by molar-refractivity contribution is 7.71. The van der Waals surface area contributed by atoms with Gasteiger partial charge in [0.2, 0.25) is 0 Å². The lowest BCUT2D eigenvalue weighted by molar-refractivity contribution is 1.48. The molecule has 0 atom stereocenters. The molecule has 0 fully saturated rings. The zero-order valence-electron chi connectivity index (χ0n) is 11.2. The topological polar surface area (TPSA) is 0 Å². The van der Waals surface area contributed by atoms with Crippen LogP contribution in [0.3, 0.4) is 0 Å². The monoisotopic (exact) mass is 294 g/mol. The lowest BCUT2D eigenvalue weighted by atomic mass is 10.1. The first-order chi connectivity index (χ1) is 9.77. The van der Waals surface area contributed by atoms with Gasteiger partial charge in [-0.3, -0.25) is 0 Å². The predicted molar refractivity (Wildman–Crippen MR) is 90.8 cm³/mol. The Morgan fingerprint density at radius 2 is 1.35 bits per heavy atom. The molecule has 0 saturated carbocycles. The first-order valence-electron chi connectivity index (χ1n) is 6.50. The van der Waals surface area contributed by atoms with Gasteiger partial charge in [0.15, 0.2) is 0 Å². The van der Waals surface area contributed by atoms with Gasteiger partial charge in [0.05, 0.1) is 4.51 Å². The summed E-state index contributed by atoms with van der Waals surface area (Å²) in [7, 11) is 0. The molecule has 0 aliphatic heterocycles. The predicted octanol–water partition coefficient (Wildman–Crippen LogP) is 6.12. The van der Waals surface area contributed by atoms with Crippen molar-refractivity contribution in [1.82, 2.24) is 0 Å². The van der Waals surface area contributed by atoms with Crippen LogP contribution in [0.15, 0.2) is 66.0 Å². The molecule has 3 rings (SSSR count). The molecule has 1 heterocycles. The largest absolute Gasteiger partial charge is 0.143 e. The lowest BCUT2D eigenvalue weighted by Crippen LogP contribution is -1.85. The first-order valence-corrected chi connectivity index (χ1v) is 7.79. The molecule has 2 heteroatoms. The maximum Gasteiger partial charge on any atom is 0.0507 e. The number of benzene rings is 2. The molecule has 0 aliphatic rings. The molecule has 0 unspecified atom stereocenters. The minimum absolute atomic E-state index is 0.953. The van der Waals surface area contributed by atoms with Gasteiger partial charge in [-0.05, 0) is 23.6 Å². The number of hydrogen-bond donors (Lipinski definition) is 0. The van der Waals surface area contributed by atoms with Gasteiger partial charge < -0.3 is 0 Å². The van der Waals surface area contributed by atoms with Crippen molar-refractivity contribution in [3.05, 3.63) is 76.1 Å². The summed E-state index contributed by atoms with van der Waals surface area (Å²) in [6, 6.07) is 20.8. The zero-order chi connectivity index (χ0) is 13.9. The maximum atomic E-state index is 5.67. The van der Waals surface area contributed by atoms with Gasteiger partial charge in [-0.25, -0.2) is 0 Å². The van der Waals surface area contributed by atoms with Crippen LogP contribution in [-0.2, 0) is 0 Å². The fraction of sp³-hybridized carbons (Fsp3) is 0.0556. The molecule has 0 saturated heterocycles. The highest BCUT2D eigenvalue weighted by Gasteiger charge is 2.08. The van der Waals surface area contributed by atoms with Crippen LogP contribution in [0.2, 0.25) is 0 Å².